The van der Waals surface area contributed by atoms with Gasteiger partial charge in [-0.1, -0.05) is 12.2 Å². The van der Waals surface area contributed by atoms with Gasteiger partial charge in [0, 0.05) is 12.3 Å². The quantitative estimate of drug-likeness (QED) is 0.243. The molecule has 0 amide bonds. The number of hydrogen-bond donors (Lipinski definition) is 1. The molecule has 1 saturated heterocycles. The summed E-state index contributed by atoms with van der Waals surface area (Å²) in [7, 11) is 0. The van der Waals surface area contributed by atoms with Gasteiger partial charge in [-0.25, -0.2) is 4.79 Å². The molecule has 0 aromatic heterocycles. The normalized spacial score (nSPS) is 37.8. The van der Waals surface area contributed by atoms with Crippen LogP contribution in [0.2, 0.25) is 0 Å². The Bertz CT molecular complexity index is 252. The third-order valence-electron chi connectivity index (χ3n) is 2.10. The summed E-state index contributed by atoms with van der Waals surface area (Å²) >= 11 is 0. The highest BCUT2D eigenvalue weighted by Crippen LogP contribution is 2.34. The number of carbonyl (C=O) groups excluding carboxylic acids is 1. The summed E-state index contributed by atoms with van der Waals surface area (Å²) in [6.07, 6.45) is 5.43. The van der Waals surface area contributed by atoms with Crippen molar-refractivity contribution in [2.45, 2.75) is 12.5 Å². The number of aliphatic hydroxyl groups excluding tert-OH is 1. The molecule has 1 N–H and O–H groups in total. The lowest BCUT2D eigenvalue weighted by molar-refractivity contribution is -0.138. The molecule has 2 unspecified atom stereocenters. The average Bonchev–Trinajstić information content (AvgIpc) is 2.46. The van der Waals surface area contributed by atoms with Gasteiger partial charge < -0.3 is 9.84 Å². The maximum absolute atomic E-state index is 10.9. The standard InChI is InChI=1S/C8H8O3/c9-4-6-5-2-1-3-7(5)11-8(6)10/h1-2,4-5,7,9H,3H2/b6-4+. The van der Waals surface area contributed by atoms with Crippen LogP contribution in [0.25, 0.3) is 0 Å². The van der Waals surface area contributed by atoms with E-state index in [9.17, 15) is 4.79 Å². The van der Waals surface area contributed by atoms with Crippen LogP contribution in [-0.4, -0.2) is 17.2 Å². The van der Waals surface area contributed by atoms with Gasteiger partial charge in [0.05, 0.1) is 11.8 Å². The summed E-state index contributed by atoms with van der Waals surface area (Å²) in [5.41, 5.74) is 0.378. The predicted octanol–water partition coefficient (Wildman–Crippen LogP) is 0.930. The van der Waals surface area contributed by atoms with Crippen molar-refractivity contribution in [1.29, 1.82) is 0 Å². The molecule has 0 spiro atoms. The Kier molecular flexibility index (Phi) is 1.24. The highest BCUT2D eigenvalue weighted by atomic mass is 16.6. The first kappa shape index (κ1) is 6.46. The van der Waals surface area contributed by atoms with Gasteiger partial charge in [0.1, 0.15) is 6.10 Å². The van der Waals surface area contributed by atoms with Crippen LogP contribution in [0.4, 0.5) is 0 Å². The lowest BCUT2D eigenvalue weighted by Gasteiger charge is -2.03. The molecular weight excluding hydrogens is 144 g/mol. The molecular formula is C8H8O3. The molecule has 0 aromatic rings. The van der Waals surface area contributed by atoms with E-state index in [2.05, 4.69) is 0 Å². The minimum absolute atomic E-state index is 0.00694. The van der Waals surface area contributed by atoms with Crippen LogP contribution in [0.3, 0.4) is 0 Å². The van der Waals surface area contributed by atoms with E-state index in [4.69, 9.17) is 9.84 Å². The van der Waals surface area contributed by atoms with E-state index in [1.807, 2.05) is 12.2 Å². The molecule has 0 bridgehead atoms. The van der Waals surface area contributed by atoms with Crippen LogP contribution in [-0.2, 0) is 9.53 Å². The summed E-state index contributed by atoms with van der Waals surface area (Å²) in [6.45, 7) is 0. The van der Waals surface area contributed by atoms with E-state index >= 15 is 0 Å². The molecule has 2 rings (SSSR count). The first-order chi connectivity index (χ1) is 5.33. The Morgan fingerprint density at radius 1 is 1.73 bits per heavy atom. The molecule has 3 heteroatoms. The van der Waals surface area contributed by atoms with Gasteiger partial charge in [0.15, 0.2) is 0 Å². The van der Waals surface area contributed by atoms with Gasteiger partial charge in [-0.05, 0) is 0 Å². The van der Waals surface area contributed by atoms with Crippen molar-refractivity contribution in [3.8, 4) is 0 Å². The molecule has 2 aliphatic rings. The summed E-state index contributed by atoms with van der Waals surface area (Å²) in [4.78, 5) is 10.9. The molecule has 1 heterocycles. The molecule has 0 aromatic carbocycles. The van der Waals surface area contributed by atoms with Crippen molar-refractivity contribution < 1.29 is 14.6 Å². The number of carbonyl (C=O) groups is 1. The molecule has 0 radical (unpaired) electrons. The zero-order valence-corrected chi connectivity index (χ0v) is 5.86. The molecule has 1 fully saturated rings. The number of aliphatic hydroxyl groups is 1. The van der Waals surface area contributed by atoms with Crippen molar-refractivity contribution in [2.24, 2.45) is 5.92 Å². The average molecular weight is 152 g/mol. The topological polar surface area (TPSA) is 46.5 Å². The van der Waals surface area contributed by atoms with Gasteiger partial charge in [0.25, 0.3) is 0 Å². The monoisotopic (exact) mass is 152 g/mol. The van der Waals surface area contributed by atoms with E-state index in [0.29, 0.717) is 5.57 Å². The highest BCUT2D eigenvalue weighted by molar-refractivity contribution is 5.92. The molecule has 1 aliphatic carbocycles. The smallest absolute Gasteiger partial charge is 0.338 e. The third kappa shape index (κ3) is 0.770. The highest BCUT2D eigenvalue weighted by Gasteiger charge is 2.40. The summed E-state index contributed by atoms with van der Waals surface area (Å²) in [6, 6.07) is 0. The lowest BCUT2D eigenvalue weighted by Crippen LogP contribution is -2.08. The molecule has 0 saturated carbocycles. The number of rotatable bonds is 0. The zero-order valence-electron chi connectivity index (χ0n) is 5.86. The Balaban J connectivity index is 2.33. The number of esters is 1. The SMILES string of the molecule is O=C1OC2CC=CC2/C1=C\O. The van der Waals surface area contributed by atoms with Crippen LogP contribution in [0.1, 0.15) is 6.42 Å². The van der Waals surface area contributed by atoms with Crippen molar-refractivity contribution in [2.75, 3.05) is 0 Å². The van der Waals surface area contributed by atoms with E-state index in [1.165, 1.54) is 0 Å². The maximum Gasteiger partial charge on any atom is 0.338 e. The first-order valence-corrected chi connectivity index (χ1v) is 3.55. The second-order valence-electron chi connectivity index (χ2n) is 2.72. The third-order valence-corrected chi connectivity index (χ3v) is 2.10. The predicted molar refractivity (Wildman–Crippen MR) is 37.8 cm³/mol. The van der Waals surface area contributed by atoms with Crippen molar-refractivity contribution >= 4 is 5.97 Å². The Morgan fingerprint density at radius 2 is 2.55 bits per heavy atom. The van der Waals surface area contributed by atoms with E-state index in [1.54, 1.807) is 0 Å². The lowest BCUT2D eigenvalue weighted by atomic mass is 10.0. The Labute approximate surface area is 64.0 Å². The number of fused-ring (bicyclic) bond motifs is 1. The Hall–Kier alpha value is -1.25. The van der Waals surface area contributed by atoms with E-state index in [0.717, 1.165) is 12.7 Å². The fraction of sp³-hybridized carbons (Fsp3) is 0.375. The van der Waals surface area contributed by atoms with E-state index < -0.39 is 0 Å². The second-order valence-corrected chi connectivity index (χ2v) is 2.72. The van der Waals surface area contributed by atoms with Gasteiger partial charge in [0.2, 0.25) is 0 Å². The zero-order chi connectivity index (χ0) is 7.84. The van der Waals surface area contributed by atoms with Gasteiger partial charge >= 0.3 is 5.97 Å². The summed E-state index contributed by atoms with van der Waals surface area (Å²) < 4.78 is 4.96. The minimum atomic E-state index is -0.383. The minimum Gasteiger partial charge on any atom is -0.515 e. The number of ether oxygens (including phenoxy) is 1. The summed E-state index contributed by atoms with van der Waals surface area (Å²) in [5, 5.41) is 8.69. The van der Waals surface area contributed by atoms with Crippen LogP contribution in [0, 0.1) is 5.92 Å². The van der Waals surface area contributed by atoms with Gasteiger partial charge in [-0.3, -0.25) is 0 Å². The van der Waals surface area contributed by atoms with Crippen molar-refractivity contribution in [3.05, 3.63) is 24.0 Å². The van der Waals surface area contributed by atoms with Crippen LogP contribution < -0.4 is 0 Å². The van der Waals surface area contributed by atoms with Crippen LogP contribution in [0.5, 0.6) is 0 Å². The van der Waals surface area contributed by atoms with Gasteiger partial charge in [-0.2, -0.15) is 0 Å². The molecule has 58 valence electrons. The van der Waals surface area contributed by atoms with Gasteiger partial charge in [-0.15, -0.1) is 0 Å². The largest absolute Gasteiger partial charge is 0.515 e. The first-order valence-electron chi connectivity index (χ1n) is 3.55. The van der Waals surface area contributed by atoms with Crippen molar-refractivity contribution in [3.63, 3.8) is 0 Å². The second kappa shape index (κ2) is 2.12. The molecule has 2 atom stereocenters. The fourth-order valence-electron chi connectivity index (χ4n) is 1.54. The van der Waals surface area contributed by atoms with E-state index in [-0.39, 0.29) is 18.0 Å². The number of hydrogen-bond acceptors (Lipinski definition) is 3. The molecule has 11 heavy (non-hydrogen) atoms. The van der Waals surface area contributed by atoms with Crippen LogP contribution in [0.15, 0.2) is 24.0 Å². The fourth-order valence-corrected chi connectivity index (χ4v) is 1.54. The van der Waals surface area contributed by atoms with Crippen LogP contribution >= 0.6 is 0 Å². The Morgan fingerprint density at radius 3 is 3.27 bits per heavy atom. The van der Waals surface area contributed by atoms with Crippen molar-refractivity contribution in [1.82, 2.24) is 0 Å². The molecule has 1 aliphatic heterocycles. The summed E-state index contributed by atoms with van der Waals surface area (Å²) in [5.74, 6) is -0.389. The maximum atomic E-state index is 10.9. The molecule has 3 nitrogen and oxygen atoms in total.